The Balaban J connectivity index is 1.61. The first kappa shape index (κ1) is 15.5. The molecule has 0 bridgehead atoms. The number of hydrogen-bond donors (Lipinski definition) is 1. The van der Waals surface area contributed by atoms with Gasteiger partial charge in [0.2, 0.25) is 0 Å². The molecule has 0 saturated carbocycles. The van der Waals surface area contributed by atoms with Crippen LogP contribution < -0.4 is 4.74 Å². The zero-order valence-corrected chi connectivity index (χ0v) is 13.7. The highest BCUT2D eigenvalue weighted by molar-refractivity contribution is 7.13. The highest BCUT2D eigenvalue weighted by Crippen LogP contribution is 2.27. The summed E-state index contributed by atoms with van der Waals surface area (Å²) in [5.74, 6) is 1.36. The lowest BCUT2D eigenvalue weighted by atomic mass is 9.98. The van der Waals surface area contributed by atoms with Crippen LogP contribution in [0.5, 0.6) is 5.75 Å². The Morgan fingerprint density at radius 2 is 2.00 bits per heavy atom. The summed E-state index contributed by atoms with van der Waals surface area (Å²) in [5.41, 5.74) is 2.27. The average molecular weight is 318 g/mol. The fourth-order valence-electron chi connectivity index (χ4n) is 2.80. The third-order valence-electron chi connectivity index (χ3n) is 4.24. The standard InChI is InChI=1S/C17H22N2O2S/c1-21-16-4-2-14(3-5-16)17-18-15(12-22-17)10-19-8-6-13(11-20)7-9-19/h2-5,12-13,20H,6-11H2,1H3. The summed E-state index contributed by atoms with van der Waals surface area (Å²) in [6.07, 6.45) is 2.18. The number of aliphatic hydroxyl groups excluding tert-OH is 1. The number of likely N-dealkylation sites (tertiary alicyclic amines) is 1. The lowest BCUT2D eigenvalue weighted by molar-refractivity contribution is 0.126. The van der Waals surface area contributed by atoms with Crippen molar-refractivity contribution in [2.45, 2.75) is 19.4 Å². The van der Waals surface area contributed by atoms with E-state index in [-0.39, 0.29) is 0 Å². The van der Waals surface area contributed by atoms with Crippen LogP contribution in [0.2, 0.25) is 0 Å². The molecule has 0 radical (unpaired) electrons. The molecular weight excluding hydrogens is 296 g/mol. The maximum atomic E-state index is 9.20. The van der Waals surface area contributed by atoms with Gasteiger partial charge in [-0.2, -0.15) is 0 Å². The molecule has 0 unspecified atom stereocenters. The predicted molar refractivity (Wildman–Crippen MR) is 89.2 cm³/mol. The van der Waals surface area contributed by atoms with Crippen molar-refractivity contribution < 1.29 is 9.84 Å². The Labute approximate surface area is 135 Å². The first-order chi connectivity index (χ1) is 10.8. The van der Waals surface area contributed by atoms with Crippen molar-refractivity contribution in [3.05, 3.63) is 35.3 Å². The van der Waals surface area contributed by atoms with Gasteiger partial charge in [-0.05, 0) is 56.1 Å². The minimum absolute atomic E-state index is 0.326. The fourth-order valence-corrected chi connectivity index (χ4v) is 3.62. The predicted octanol–water partition coefficient (Wildman–Crippen LogP) is 3.02. The summed E-state index contributed by atoms with van der Waals surface area (Å²) in [6.45, 7) is 3.35. The second kappa shape index (κ2) is 7.22. The second-order valence-electron chi connectivity index (χ2n) is 5.77. The van der Waals surface area contributed by atoms with Gasteiger partial charge in [-0.3, -0.25) is 4.90 Å². The molecule has 3 rings (SSSR count). The SMILES string of the molecule is COc1ccc(-c2nc(CN3CCC(CO)CC3)cs2)cc1. The zero-order chi connectivity index (χ0) is 15.4. The molecule has 0 atom stereocenters. The minimum atomic E-state index is 0.326. The van der Waals surface area contributed by atoms with E-state index < -0.39 is 0 Å². The third-order valence-corrected chi connectivity index (χ3v) is 5.18. The number of hydrogen-bond acceptors (Lipinski definition) is 5. The Morgan fingerprint density at radius 1 is 1.27 bits per heavy atom. The van der Waals surface area contributed by atoms with E-state index >= 15 is 0 Å². The summed E-state index contributed by atoms with van der Waals surface area (Å²) in [5, 5.41) is 12.4. The van der Waals surface area contributed by atoms with Crippen molar-refractivity contribution >= 4 is 11.3 Å². The van der Waals surface area contributed by atoms with E-state index in [1.807, 2.05) is 24.3 Å². The van der Waals surface area contributed by atoms with Crippen molar-refractivity contribution in [2.75, 3.05) is 26.8 Å². The number of methoxy groups -OCH3 is 1. The number of aliphatic hydroxyl groups is 1. The first-order valence-electron chi connectivity index (χ1n) is 7.70. The molecule has 0 amide bonds. The van der Waals surface area contributed by atoms with Crippen molar-refractivity contribution in [2.24, 2.45) is 5.92 Å². The molecule has 1 aromatic heterocycles. The molecule has 0 aliphatic carbocycles. The summed E-state index contributed by atoms with van der Waals surface area (Å²) in [7, 11) is 1.68. The van der Waals surface area contributed by atoms with Crippen LogP contribution in [-0.4, -0.2) is 41.8 Å². The van der Waals surface area contributed by atoms with Crippen molar-refractivity contribution in [1.29, 1.82) is 0 Å². The number of ether oxygens (including phenoxy) is 1. The number of thiazole rings is 1. The first-order valence-corrected chi connectivity index (χ1v) is 8.58. The van der Waals surface area contributed by atoms with E-state index in [2.05, 4.69) is 10.3 Å². The summed E-state index contributed by atoms with van der Waals surface area (Å²) >= 11 is 1.69. The Morgan fingerprint density at radius 3 is 2.64 bits per heavy atom. The van der Waals surface area contributed by atoms with Crippen LogP contribution in [0.3, 0.4) is 0 Å². The summed E-state index contributed by atoms with van der Waals surface area (Å²) < 4.78 is 5.19. The quantitative estimate of drug-likeness (QED) is 0.920. The van der Waals surface area contributed by atoms with Crippen LogP contribution in [0, 0.1) is 5.92 Å². The van der Waals surface area contributed by atoms with Gasteiger partial charge in [-0.1, -0.05) is 0 Å². The van der Waals surface area contributed by atoms with Gasteiger partial charge in [0.05, 0.1) is 12.8 Å². The van der Waals surface area contributed by atoms with E-state index in [4.69, 9.17) is 9.72 Å². The highest BCUT2D eigenvalue weighted by atomic mass is 32.1. The Bertz CT molecular complexity index is 589. The van der Waals surface area contributed by atoms with Crippen LogP contribution in [0.4, 0.5) is 0 Å². The molecule has 2 heterocycles. The molecular formula is C17H22N2O2S. The van der Waals surface area contributed by atoms with Gasteiger partial charge in [0.1, 0.15) is 10.8 Å². The van der Waals surface area contributed by atoms with Gasteiger partial charge in [0.15, 0.2) is 0 Å². The van der Waals surface area contributed by atoms with Crippen LogP contribution >= 0.6 is 11.3 Å². The summed E-state index contributed by atoms with van der Waals surface area (Å²) in [4.78, 5) is 7.19. The van der Waals surface area contributed by atoms with E-state index in [0.29, 0.717) is 12.5 Å². The number of aromatic nitrogens is 1. The zero-order valence-electron chi connectivity index (χ0n) is 12.9. The smallest absolute Gasteiger partial charge is 0.123 e. The Hall–Kier alpha value is -1.43. The van der Waals surface area contributed by atoms with Gasteiger partial charge >= 0.3 is 0 Å². The molecule has 0 spiro atoms. The molecule has 1 fully saturated rings. The molecule has 118 valence electrons. The number of piperidine rings is 1. The van der Waals surface area contributed by atoms with Crippen molar-refractivity contribution in [3.63, 3.8) is 0 Å². The molecule has 1 aromatic carbocycles. The van der Waals surface area contributed by atoms with Crippen LogP contribution in [0.25, 0.3) is 10.6 Å². The minimum Gasteiger partial charge on any atom is -0.497 e. The molecule has 1 aliphatic heterocycles. The normalized spacial score (nSPS) is 16.8. The van der Waals surface area contributed by atoms with Gasteiger partial charge in [-0.25, -0.2) is 4.98 Å². The molecule has 1 aliphatic rings. The second-order valence-corrected chi connectivity index (χ2v) is 6.63. The van der Waals surface area contributed by atoms with Gasteiger partial charge in [-0.15, -0.1) is 11.3 Å². The highest BCUT2D eigenvalue weighted by Gasteiger charge is 2.19. The van der Waals surface area contributed by atoms with Crippen LogP contribution in [0.1, 0.15) is 18.5 Å². The van der Waals surface area contributed by atoms with E-state index in [1.165, 1.54) is 0 Å². The maximum absolute atomic E-state index is 9.20. The van der Waals surface area contributed by atoms with Crippen LogP contribution in [-0.2, 0) is 6.54 Å². The van der Waals surface area contributed by atoms with E-state index in [1.54, 1.807) is 18.4 Å². The molecule has 2 aromatic rings. The lowest BCUT2D eigenvalue weighted by Crippen LogP contribution is -2.34. The number of benzene rings is 1. The Kier molecular flexibility index (Phi) is 5.08. The van der Waals surface area contributed by atoms with Crippen molar-refractivity contribution in [3.8, 4) is 16.3 Å². The number of rotatable bonds is 5. The van der Waals surface area contributed by atoms with Crippen LogP contribution in [0.15, 0.2) is 29.6 Å². The molecule has 22 heavy (non-hydrogen) atoms. The largest absolute Gasteiger partial charge is 0.497 e. The van der Waals surface area contributed by atoms with E-state index in [0.717, 1.165) is 54.5 Å². The molecule has 1 N–H and O–H groups in total. The molecule has 1 saturated heterocycles. The average Bonchev–Trinajstić information content (AvgIpc) is 3.04. The van der Waals surface area contributed by atoms with Gasteiger partial charge in [0, 0.05) is 24.1 Å². The van der Waals surface area contributed by atoms with Gasteiger partial charge < -0.3 is 9.84 Å². The van der Waals surface area contributed by atoms with Gasteiger partial charge in [0.25, 0.3) is 0 Å². The third kappa shape index (κ3) is 3.66. The monoisotopic (exact) mass is 318 g/mol. The molecule has 4 nitrogen and oxygen atoms in total. The number of nitrogens with zero attached hydrogens (tertiary/aromatic N) is 2. The maximum Gasteiger partial charge on any atom is 0.123 e. The lowest BCUT2D eigenvalue weighted by Gasteiger charge is -2.30. The fraction of sp³-hybridized carbons (Fsp3) is 0.471. The van der Waals surface area contributed by atoms with Crippen molar-refractivity contribution in [1.82, 2.24) is 9.88 Å². The summed E-state index contributed by atoms with van der Waals surface area (Å²) in [6, 6.07) is 8.04. The van der Waals surface area contributed by atoms with E-state index in [9.17, 15) is 5.11 Å². The molecule has 5 heteroatoms. The topological polar surface area (TPSA) is 45.6 Å².